The number of benzene rings is 9. The van der Waals surface area contributed by atoms with Crippen LogP contribution in [0.2, 0.25) is 0 Å². The highest BCUT2D eigenvalue weighted by Crippen LogP contribution is 2.46. The largest absolute Gasteiger partial charge is 0.278 e. The van der Waals surface area contributed by atoms with E-state index in [1.165, 1.54) is 49.0 Å². The SMILES string of the molecule is [C-]#[N+]c1ccc2c(c1)c1cc(-c3c4ccccc4c(-c4cccc5ccccc45)c4ccccc34)ccc1n2-c1nc(-c2ccccc2)cc(-c2ccccc2)n1. The van der Waals surface area contributed by atoms with Gasteiger partial charge in [-0.2, -0.15) is 0 Å². The second-order valence-electron chi connectivity index (χ2n) is 14.4. The zero-order valence-corrected chi connectivity index (χ0v) is 30.8. The van der Waals surface area contributed by atoms with Crippen LogP contribution in [0.25, 0.3) is 110 Å². The van der Waals surface area contributed by atoms with Gasteiger partial charge in [-0.25, -0.2) is 14.8 Å². The minimum atomic E-state index is 0.578. The number of nitrogens with zero attached hydrogens (tertiary/aromatic N) is 4. The number of hydrogen-bond donors (Lipinski definition) is 0. The van der Waals surface area contributed by atoms with Crippen LogP contribution in [0.1, 0.15) is 0 Å². The molecule has 0 saturated heterocycles. The van der Waals surface area contributed by atoms with E-state index in [-0.39, 0.29) is 0 Å². The Balaban J connectivity index is 1.20. The van der Waals surface area contributed by atoms with Crippen LogP contribution < -0.4 is 0 Å². The van der Waals surface area contributed by atoms with Crippen LogP contribution in [0, 0.1) is 6.57 Å². The van der Waals surface area contributed by atoms with E-state index < -0.39 is 0 Å². The molecule has 57 heavy (non-hydrogen) atoms. The van der Waals surface area contributed by atoms with Crippen molar-refractivity contribution in [1.29, 1.82) is 0 Å². The predicted molar refractivity (Wildman–Crippen MR) is 237 cm³/mol. The van der Waals surface area contributed by atoms with Gasteiger partial charge in [0, 0.05) is 16.5 Å². The maximum absolute atomic E-state index is 7.94. The van der Waals surface area contributed by atoms with Gasteiger partial charge >= 0.3 is 0 Å². The van der Waals surface area contributed by atoms with Gasteiger partial charge in [-0.1, -0.05) is 164 Å². The van der Waals surface area contributed by atoms with Crippen LogP contribution in [0.4, 0.5) is 5.69 Å². The van der Waals surface area contributed by atoms with Crippen LogP contribution in [-0.2, 0) is 0 Å². The van der Waals surface area contributed by atoms with Crippen molar-refractivity contribution < 1.29 is 0 Å². The maximum Gasteiger partial charge on any atom is 0.235 e. The van der Waals surface area contributed by atoms with Gasteiger partial charge in [-0.3, -0.25) is 4.57 Å². The van der Waals surface area contributed by atoms with Crippen LogP contribution in [-0.4, -0.2) is 14.5 Å². The van der Waals surface area contributed by atoms with Gasteiger partial charge in [0.1, 0.15) is 0 Å². The third-order valence-electron chi connectivity index (χ3n) is 11.2. The molecule has 11 aromatic rings. The lowest BCUT2D eigenvalue weighted by atomic mass is 9.84. The monoisotopic (exact) mass is 724 g/mol. The predicted octanol–water partition coefficient (Wildman–Crippen LogP) is 14.3. The highest BCUT2D eigenvalue weighted by Gasteiger charge is 2.21. The van der Waals surface area contributed by atoms with Crippen LogP contribution in [0.5, 0.6) is 0 Å². The molecule has 0 saturated carbocycles. The number of fused-ring (bicyclic) bond motifs is 6. The molecule has 2 heterocycles. The number of aromatic nitrogens is 3. The molecule has 0 aliphatic heterocycles. The normalized spacial score (nSPS) is 11.5. The minimum absolute atomic E-state index is 0.578. The molecule has 0 N–H and O–H groups in total. The molecule has 0 aliphatic rings. The maximum atomic E-state index is 7.94. The Bertz CT molecular complexity index is 3290. The summed E-state index contributed by atoms with van der Waals surface area (Å²) >= 11 is 0. The van der Waals surface area contributed by atoms with Crippen molar-refractivity contribution in [2.45, 2.75) is 0 Å². The Morgan fingerprint density at radius 3 is 1.51 bits per heavy atom. The van der Waals surface area contributed by atoms with Crippen molar-refractivity contribution in [3.63, 3.8) is 0 Å². The van der Waals surface area contributed by atoms with Crippen molar-refractivity contribution >= 4 is 59.8 Å². The van der Waals surface area contributed by atoms with E-state index in [0.717, 1.165) is 49.9 Å². The quantitative estimate of drug-likeness (QED) is 0.131. The van der Waals surface area contributed by atoms with Crippen LogP contribution >= 0.6 is 0 Å². The average molecular weight is 725 g/mol. The summed E-state index contributed by atoms with van der Waals surface area (Å²) in [4.78, 5) is 14.3. The summed E-state index contributed by atoms with van der Waals surface area (Å²) < 4.78 is 2.15. The second-order valence-corrected chi connectivity index (χ2v) is 14.4. The molecule has 2 aromatic heterocycles. The first-order valence-electron chi connectivity index (χ1n) is 19.1. The van der Waals surface area contributed by atoms with Gasteiger partial charge in [0.15, 0.2) is 5.69 Å². The van der Waals surface area contributed by atoms with Crippen molar-refractivity contribution in [2.75, 3.05) is 0 Å². The van der Waals surface area contributed by atoms with Gasteiger partial charge in [0.25, 0.3) is 0 Å². The lowest BCUT2D eigenvalue weighted by Crippen LogP contribution is -2.04. The molecule has 264 valence electrons. The standard InChI is InChI=1S/C53H32N4/c1-54-38-28-30-50-46(32-38)45-31-37(27-29-49(45)57(50)53-55-47(35-16-4-2-5-17-35)33-48(56-53)36-18-6-3-7-19-36)51-41-22-10-12-24-43(41)52(44-25-13-11-23-42(44)51)40-26-14-20-34-15-8-9-21-39(34)40/h2-33H. The fraction of sp³-hybridized carbons (Fsp3) is 0. The van der Waals surface area contributed by atoms with E-state index in [0.29, 0.717) is 11.6 Å². The van der Waals surface area contributed by atoms with Crippen molar-refractivity contribution in [3.05, 3.63) is 206 Å². The third-order valence-corrected chi connectivity index (χ3v) is 11.2. The Kier molecular flexibility index (Phi) is 7.52. The molecule has 0 spiro atoms. The molecule has 0 aliphatic carbocycles. The first kappa shape index (κ1) is 32.6. The van der Waals surface area contributed by atoms with Gasteiger partial charge in [-0.15, -0.1) is 0 Å². The fourth-order valence-electron chi connectivity index (χ4n) is 8.67. The topological polar surface area (TPSA) is 35.1 Å². The molecule has 0 unspecified atom stereocenters. The summed E-state index contributed by atoms with van der Waals surface area (Å²) in [7, 11) is 0. The molecule has 0 bridgehead atoms. The summed E-state index contributed by atoms with van der Waals surface area (Å²) in [5.41, 5.74) is 11.0. The number of rotatable bonds is 5. The fourth-order valence-corrected chi connectivity index (χ4v) is 8.67. The zero-order valence-electron chi connectivity index (χ0n) is 30.8. The van der Waals surface area contributed by atoms with E-state index >= 15 is 0 Å². The molecule has 0 fully saturated rings. The number of hydrogen-bond acceptors (Lipinski definition) is 2. The van der Waals surface area contributed by atoms with E-state index in [4.69, 9.17) is 16.5 Å². The smallest absolute Gasteiger partial charge is 0.235 e. The highest BCUT2D eigenvalue weighted by molar-refractivity contribution is 6.24. The van der Waals surface area contributed by atoms with Crippen molar-refractivity contribution in [3.8, 4) is 50.7 Å². The lowest BCUT2D eigenvalue weighted by Gasteiger charge is -2.19. The van der Waals surface area contributed by atoms with Gasteiger partial charge in [0.05, 0.1) is 29.0 Å². The summed E-state index contributed by atoms with van der Waals surface area (Å²) in [5, 5.41) is 9.28. The van der Waals surface area contributed by atoms with Gasteiger partial charge < -0.3 is 0 Å². The molecule has 0 radical (unpaired) electrons. The Morgan fingerprint density at radius 2 is 0.895 bits per heavy atom. The molecule has 11 rings (SSSR count). The second kappa shape index (κ2) is 13.2. The summed E-state index contributed by atoms with van der Waals surface area (Å²) in [6.07, 6.45) is 0. The molecule has 4 heteroatoms. The zero-order chi connectivity index (χ0) is 37.9. The van der Waals surface area contributed by atoms with Gasteiger partial charge in [-0.05, 0) is 90.3 Å². The Hall–Kier alpha value is -7.87. The van der Waals surface area contributed by atoms with Crippen molar-refractivity contribution in [2.24, 2.45) is 0 Å². The van der Waals surface area contributed by atoms with E-state index in [2.05, 4.69) is 149 Å². The third kappa shape index (κ3) is 5.29. The average Bonchev–Trinajstić information content (AvgIpc) is 3.61. The van der Waals surface area contributed by atoms with Crippen LogP contribution in [0.3, 0.4) is 0 Å². The molecule has 4 nitrogen and oxygen atoms in total. The first-order chi connectivity index (χ1) is 28.2. The Morgan fingerprint density at radius 1 is 0.386 bits per heavy atom. The van der Waals surface area contributed by atoms with E-state index in [1.54, 1.807) is 0 Å². The first-order valence-corrected chi connectivity index (χ1v) is 19.1. The van der Waals surface area contributed by atoms with Crippen LogP contribution in [0.15, 0.2) is 194 Å². The molecule has 9 aromatic carbocycles. The lowest BCUT2D eigenvalue weighted by molar-refractivity contribution is 0.996. The summed E-state index contributed by atoms with van der Waals surface area (Å²) in [6, 6.07) is 68.1. The van der Waals surface area contributed by atoms with Crippen molar-refractivity contribution in [1.82, 2.24) is 14.5 Å². The molecular weight excluding hydrogens is 693 g/mol. The summed E-state index contributed by atoms with van der Waals surface area (Å²) in [5.74, 6) is 0.578. The van der Waals surface area contributed by atoms with E-state index in [1.807, 2.05) is 54.6 Å². The molecule has 0 atom stereocenters. The minimum Gasteiger partial charge on any atom is -0.278 e. The Labute approximate surface area is 329 Å². The highest BCUT2D eigenvalue weighted by atomic mass is 15.2. The molecule has 0 amide bonds. The van der Waals surface area contributed by atoms with Gasteiger partial charge in [0.2, 0.25) is 5.95 Å². The summed E-state index contributed by atoms with van der Waals surface area (Å²) in [6.45, 7) is 7.94. The van der Waals surface area contributed by atoms with E-state index in [9.17, 15) is 0 Å². The molecular formula is C53H32N4.